The maximum atomic E-state index is 5.12. The van der Waals surface area contributed by atoms with E-state index in [2.05, 4.69) is 92.3 Å². The molecular weight excluding hydrogens is 332 g/mol. The summed E-state index contributed by atoms with van der Waals surface area (Å²) >= 11 is 0. The predicted molar refractivity (Wildman–Crippen MR) is 111 cm³/mol. The Morgan fingerprint density at radius 1 is 0.815 bits per heavy atom. The highest BCUT2D eigenvalue weighted by Gasteiger charge is 2.36. The second kappa shape index (κ2) is 7.03. The van der Waals surface area contributed by atoms with Gasteiger partial charge in [0.05, 0.1) is 12.2 Å². The van der Waals surface area contributed by atoms with Gasteiger partial charge < -0.3 is 4.90 Å². The summed E-state index contributed by atoms with van der Waals surface area (Å²) < 4.78 is 2.03. The van der Waals surface area contributed by atoms with E-state index in [-0.39, 0.29) is 12.1 Å². The van der Waals surface area contributed by atoms with Crippen LogP contribution >= 0.6 is 0 Å². The quantitative estimate of drug-likeness (QED) is 0.629. The summed E-state index contributed by atoms with van der Waals surface area (Å²) in [7, 11) is 0. The van der Waals surface area contributed by atoms with E-state index in [1.807, 2.05) is 16.9 Å². The van der Waals surface area contributed by atoms with Crippen molar-refractivity contribution in [3.05, 3.63) is 83.6 Å². The van der Waals surface area contributed by atoms with Gasteiger partial charge in [-0.05, 0) is 33.3 Å². The van der Waals surface area contributed by atoms with E-state index in [1.165, 1.54) is 11.1 Å². The molecule has 0 aliphatic carbocycles. The highest BCUT2D eigenvalue weighted by Crippen LogP contribution is 2.42. The number of aliphatic imine (C=N–C) groups is 1. The van der Waals surface area contributed by atoms with Gasteiger partial charge in [0, 0.05) is 23.2 Å². The molecule has 0 radical (unpaired) electrons. The monoisotopic (exact) mass is 358 g/mol. The maximum Gasteiger partial charge on any atom is 0.158 e. The van der Waals surface area contributed by atoms with Crippen LogP contribution in [0.15, 0.2) is 71.9 Å². The molecule has 0 N–H and O–H groups in total. The van der Waals surface area contributed by atoms with Crippen molar-refractivity contribution in [2.24, 2.45) is 4.99 Å². The molecule has 2 heterocycles. The van der Waals surface area contributed by atoms with E-state index in [0.29, 0.717) is 6.04 Å². The van der Waals surface area contributed by atoms with Crippen LogP contribution in [0.25, 0.3) is 0 Å². The number of benzene rings is 2. The normalized spacial score (nSPS) is 16.6. The molecule has 0 spiro atoms. The largest absolute Gasteiger partial charge is 0.342 e. The van der Waals surface area contributed by atoms with Gasteiger partial charge in [0.15, 0.2) is 5.82 Å². The van der Waals surface area contributed by atoms with Crippen LogP contribution in [-0.2, 0) is 0 Å². The molecule has 0 fully saturated rings. The number of hydrogen-bond acceptors (Lipinski definition) is 3. The van der Waals surface area contributed by atoms with Crippen molar-refractivity contribution in [3.63, 3.8) is 0 Å². The lowest BCUT2D eigenvalue weighted by Gasteiger charge is -2.40. The Hall–Kier alpha value is -2.88. The number of nitrogens with zero attached hydrogens (tertiary/aromatic N) is 4. The summed E-state index contributed by atoms with van der Waals surface area (Å²) in [5.41, 5.74) is 3.57. The molecule has 138 valence electrons. The zero-order chi connectivity index (χ0) is 19.0. The number of hydrogen-bond donors (Lipinski definition) is 0. The molecule has 3 aromatic rings. The lowest BCUT2D eigenvalue weighted by atomic mass is 9.94. The van der Waals surface area contributed by atoms with Gasteiger partial charge >= 0.3 is 0 Å². The number of aromatic nitrogens is 2. The first-order valence-electron chi connectivity index (χ1n) is 9.62. The minimum atomic E-state index is 0.0985. The van der Waals surface area contributed by atoms with Crippen molar-refractivity contribution < 1.29 is 0 Å². The average molecular weight is 358 g/mol. The van der Waals surface area contributed by atoms with Crippen LogP contribution in [0, 0.1) is 0 Å². The fraction of sp³-hybridized carbons (Fsp3) is 0.304. The average Bonchev–Trinajstić information content (AvgIpc) is 3.11. The summed E-state index contributed by atoms with van der Waals surface area (Å²) in [6.07, 6.45) is 1.99. The Bertz CT molecular complexity index is 939. The van der Waals surface area contributed by atoms with Gasteiger partial charge in [-0.2, -0.15) is 5.10 Å². The van der Waals surface area contributed by atoms with Crippen molar-refractivity contribution in [3.8, 4) is 0 Å². The lowest BCUT2D eigenvalue weighted by molar-refractivity contribution is 0.292. The Morgan fingerprint density at radius 3 is 2.04 bits per heavy atom. The van der Waals surface area contributed by atoms with Gasteiger partial charge in [-0.1, -0.05) is 60.7 Å². The van der Waals surface area contributed by atoms with E-state index in [9.17, 15) is 0 Å². The van der Waals surface area contributed by atoms with Gasteiger partial charge in [-0.15, -0.1) is 0 Å². The first kappa shape index (κ1) is 17.5. The Labute approximate surface area is 161 Å². The van der Waals surface area contributed by atoms with E-state index >= 15 is 0 Å². The number of rotatable bonds is 4. The van der Waals surface area contributed by atoms with Crippen molar-refractivity contribution in [2.45, 2.75) is 45.8 Å². The van der Waals surface area contributed by atoms with Crippen molar-refractivity contribution >= 4 is 11.7 Å². The maximum absolute atomic E-state index is 5.12. The highest BCUT2D eigenvalue weighted by molar-refractivity contribution is 6.02. The van der Waals surface area contributed by atoms with E-state index in [0.717, 1.165) is 17.2 Å². The van der Waals surface area contributed by atoms with Crippen molar-refractivity contribution in [2.75, 3.05) is 0 Å². The SMILES string of the molecule is CC(C)N1C(c2ccccc2)=Nc2c(cnn2C(C)C)[C@H]1c1ccccc1. The Balaban J connectivity index is 1.98. The molecule has 1 aromatic heterocycles. The fourth-order valence-corrected chi connectivity index (χ4v) is 3.80. The Morgan fingerprint density at radius 2 is 1.44 bits per heavy atom. The molecule has 1 aliphatic heterocycles. The summed E-state index contributed by atoms with van der Waals surface area (Å²) in [4.78, 5) is 7.53. The first-order chi connectivity index (χ1) is 13.1. The van der Waals surface area contributed by atoms with Crippen molar-refractivity contribution in [1.29, 1.82) is 0 Å². The number of fused-ring (bicyclic) bond motifs is 1. The molecule has 0 saturated carbocycles. The molecule has 4 nitrogen and oxygen atoms in total. The van der Waals surface area contributed by atoms with E-state index in [4.69, 9.17) is 4.99 Å². The van der Waals surface area contributed by atoms with Crippen LogP contribution in [0.4, 0.5) is 5.82 Å². The second-order valence-electron chi connectivity index (χ2n) is 7.58. The molecule has 0 saturated heterocycles. The van der Waals surface area contributed by atoms with E-state index < -0.39 is 0 Å². The molecule has 4 heteroatoms. The molecule has 0 unspecified atom stereocenters. The van der Waals surface area contributed by atoms with Crippen LogP contribution in [0.1, 0.15) is 56.5 Å². The Kier molecular flexibility index (Phi) is 4.56. The third-order valence-electron chi connectivity index (χ3n) is 5.02. The summed E-state index contributed by atoms with van der Waals surface area (Å²) in [6, 6.07) is 21.8. The van der Waals surface area contributed by atoms with Gasteiger partial charge in [0.25, 0.3) is 0 Å². The zero-order valence-electron chi connectivity index (χ0n) is 16.4. The molecular formula is C23H26N4. The second-order valence-corrected chi connectivity index (χ2v) is 7.58. The minimum Gasteiger partial charge on any atom is -0.342 e. The van der Waals surface area contributed by atoms with Crippen LogP contribution < -0.4 is 0 Å². The van der Waals surface area contributed by atoms with Crippen LogP contribution in [0.3, 0.4) is 0 Å². The molecule has 1 atom stereocenters. The van der Waals surface area contributed by atoms with Gasteiger partial charge in [-0.25, -0.2) is 9.67 Å². The fourth-order valence-electron chi connectivity index (χ4n) is 3.80. The summed E-state index contributed by atoms with van der Waals surface area (Å²) in [6.45, 7) is 8.76. The highest BCUT2D eigenvalue weighted by atomic mass is 15.4. The standard InChI is InChI=1S/C23H26N4/c1-16(2)26-21(18-11-7-5-8-12-18)20-15-24-27(17(3)4)23(20)25-22(26)19-13-9-6-10-14-19/h5-17,21H,1-4H3/t21-/m1/s1. The third-order valence-corrected chi connectivity index (χ3v) is 5.02. The van der Waals surface area contributed by atoms with Crippen LogP contribution in [0.5, 0.6) is 0 Å². The zero-order valence-corrected chi connectivity index (χ0v) is 16.4. The van der Waals surface area contributed by atoms with Gasteiger partial charge in [-0.3, -0.25) is 0 Å². The summed E-state index contributed by atoms with van der Waals surface area (Å²) in [5, 5.41) is 4.68. The molecule has 0 amide bonds. The lowest BCUT2D eigenvalue weighted by Crippen LogP contribution is -2.42. The smallest absolute Gasteiger partial charge is 0.158 e. The first-order valence-corrected chi connectivity index (χ1v) is 9.62. The number of amidine groups is 1. The molecule has 2 aromatic carbocycles. The van der Waals surface area contributed by atoms with E-state index in [1.54, 1.807) is 0 Å². The van der Waals surface area contributed by atoms with Gasteiger partial charge in [0.1, 0.15) is 5.84 Å². The molecule has 0 bridgehead atoms. The predicted octanol–water partition coefficient (Wildman–Crippen LogP) is 5.36. The minimum absolute atomic E-state index is 0.0985. The van der Waals surface area contributed by atoms with Crippen LogP contribution in [0.2, 0.25) is 0 Å². The van der Waals surface area contributed by atoms with Gasteiger partial charge in [0.2, 0.25) is 0 Å². The van der Waals surface area contributed by atoms with Crippen LogP contribution in [-0.4, -0.2) is 26.6 Å². The molecule has 27 heavy (non-hydrogen) atoms. The van der Waals surface area contributed by atoms with Crippen molar-refractivity contribution in [1.82, 2.24) is 14.7 Å². The molecule has 1 aliphatic rings. The molecule has 4 rings (SSSR count). The third kappa shape index (κ3) is 3.05. The topological polar surface area (TPSA) is 33.4 Å². The summed E-state index contributed by atoms with van der Waals surface area (Å²) in [5.74, 6) is 1.98.